The van der Waals surface area contributed by atoms with E-state index in [1.54, 1.807) is 13.0 Å². The van der Waals surface area contributed by atoms with Gasteiger partial charge in [-0.25, -0.2) is 0 Å². The molecule has 1 aliphatic heterocycles. The number of benzene rings is 2. The maximum Gasteiger partial charge on any atom is 0.201 e. The summed E-state index contributed by atoms with van der Waals surface area (Å²) in [5.74, 6) is -2.11. The lowest BCUT2D eigenvalue weighted by Gasteiger charge is -2.45. The molecular weight excluding hydrogens is 408 g/mol. The zero-order chi connectivity index (χ0) is 22.6. The standard InChI is InChI=1S/C22H24O9/c1-8-5-10-14(22-20(29)19(28)17(26)13(7-23)31-22)9-3-4-11(24)21(30-2)16(9)18(27)15(10)12(25)6-8/h3-6,13-14,17,19-20,22-26,28-29H,7H2,1-2H3/t13-,14+,17-,19+,20-,22-/m1/s1. The molecule has 6 atom stereocenters. The minimum atomic E-state index is -1.61. The molecule has 0 spiro atoms. The van der Waals surface area contributed by atoms with E-state index in [0.29, 0.717) is 16.7 Å². The number of ketones is 1. The number of phenols is 2. The molecule has 4 rings (SSSR count). The summed E-state index contributed by atoms with van der Waals surface area (Å²) in [4.78, 5) is 13.3. The zero-order valence-electron chi connectivity index (χ0n) is 16.9. The van der Waals surface area contributed by atoms with Gasteiger partial charge in [-0.05, 0) is 35.7 Å². The van der Waals surface area contributed by atoms with E-state index in [1.165, 1.54) is 25.3 Å². The maximum absolute atomic E-state index is 13.3. The van der Waals surface area contributed by atoms with E-state index >= 15 is 0 Å². The van der Waals surface area contributed by atoms with Crippen LogP contribution in [-0.2, 0) is 4.74 Å². The fraction of sp³-hybridized carbons (Fsp3) is 0.409. The van der Waals surface area contributed by atoms with Gasteiger partial charge in [-0.1, -0.05) is 12.1 Å². The number of phenolic OH excluding ortho intramolecular Hbond substituents is 2. The molecule has 0 unspecified atom stereocenters. The topological polar surface area (TPSA) is 157 Å². The Morgan fingerprint density at radius 2 is 1.68 bits per heavy atom. The third kappa shape index (κ3) is 3.17. The number of carbonyl (C=O) groups excluding carboxylic acids is 1. The summed E-state index contributed by atoms with van der Waals surface area (Å²) in [6, 6.07) is 5.91. The van der Waals surface area contributed by atoms with E-state index in [0.717, 1.165) is 0 Å². The van der Waals surface area contributed by atoms with Gasteiger partial charge in [0.05, 0.1) is 30.9 Å². The van der Waals surface area contributed by atoms with E-state index in [9.17, 15) is 35.4 Å². The van der Waals surface area contributed by atoms with E-state index in [4.69, 9.17) is 9.47 Å². The molecule has 1 aliphatic carbocycles. The van der Waals surface area contributed by atoms with Gasteiger partial charge in [-0.15, -0.1) is 0 Å². The second kappa shape index (κ2) is 7.77. The lowest BCUT2D eigenvalue weighted by Crippen LogP contribution is -2.60. The molecule has 1 fully saturated rings. The van der Waals surface area contributed by atoms with Crippen LogP contribution in [0, 0.1) is 6.92 Å². The molecule has 166 valence electrons. The van der Waals surface area contributed by atoms with Gasteiger partial charge in [0.15, 0.2) is 11.5 Å². The summed E-state index contributed by atoms with van der Waals surface area (Å²) >= 11 is 0. The zero-order valence-corrected chi connectivity index (χ0v) is 16.9. The summed E-state index contributed by atoms with van der Waals surface area (Å²) < 4.78 is 11.0. The average molecular weight is 432 g/mol. The SMILES string of the molecule is COc1c(O)ccc2c1C(=O)c1c(O)cc(C)cc1[C@H]2[C@H]1O[C@H](CO)[C@@H](O)[C@H](O)[C@H]1O. The van der Waals surface area contributed by atoms with Gasteiger partial charge in [-0.2, -0.15) is 0 Å². The average Bonchev–Trinajstić information content (AvgIpc) is 2.73. The number of ether oxygens (including phenoxy) is 2. The fourth-order valence-corrected chi connectivity index (χ4v) is 4.63. The van der Waals surface area contributed by atoms with Crippen molar-refractivity contribution >= 4 is 5.78 Å². The fourth-order valence-electron chi connectivity index (χ4n) is 4.63. The Bertz CT molecular complexity index is 1030. The van der Waals surface area contributed by atoms with E-state index in [1.807, 2.05) is 0 Å². The summed E-state index contributed by atoms with van der Waals surface area (Å²) in [7, 11) is 1.29. The molecule has 1 heterocycles. The van der Waals surface area contributed by atoms with Gasteiger partial charge in [0.1, 0.15) is 30.2 Å². The van der Waals surface area contributed by atoms with Crippen molar-refractivity contribution in [1.82, 2.24) is 0 Å². The number of fused-ring (bicyclic) bond motifs is 2. The number of aromatic hydroxyl groups is 2. The first-order valence-electron chi connectivity index (χ1n) is 9.79. The van der Waals surface area contributed by atoms with Crippen LogP contribution in [0.15, 0.2) is 24.3 Å². The predicted molar refractivity (Wildman–Crippen MR) is 107 cm³/mol. The normalized spacial score (nSPS) is 29.9. The molecule has 1 saturated heterocycles. The molecule has 0 amide bonds. The molecule has 9 heteroatoms. The number of aryl methyl sites for hydroxylation is 1. The van der Waals surface area contributed by atoms with Crippen LogP contribution in [-0.4, -0.2) is 80.7 Å². The summed E-state index contributed by atoms with van der Waals surface area (Å²) in [5, 5.41) is 61.7. The molecule has 6 N–H and O–H groups in total. The third-order valence-corrected chi connectivity index (χ3v) is 6.05. The summed E-state index contributed by atoms with van der Waals surface area (Å²) in [6.07, 6.45) is -7.06. The largest absolute Gasteiger partial charge is 0.507 e. The first-order chi connectivity index (χ1) is 14.7. The van der Waals surface area contributed by atoms with Crippen molar-refractivity contribution in [3.63, 3.8) is 0 Å². The molecule has 0 saturated carbocycles. The smallest absolute Gasteiger partial charge is 0.201 e. The van der Waals surface area contributed by atoms with Crippen LogP contribution in [0.5, 0.6) is 17.2 Å². The molecule has 0 bridgehead atoms. The minimum Gasteiger partial charge on any atom is -0.507 e. The number of carbonyl (C=O) groups is 1. The predicted octanol–water partition coefficient (Wildman–Crippen LogP) is -0.0665. The van der Waals surface area contributed by atoms with Gasteiger partial charge in [0.25, 0.3) is 0 Å². The van der Waals surface area contributed by atoms with Crippen LogP contribution in [0.4, 0.5) is 0 Å². The van der Waals surface area contributed by atoms with Crippen LogP contribution in [0.1, 0.15) is 38.5 Å². The molecule has 0 aromatic heterocycles. The molecule has 0 radical (unpaired) electrons. The maximum atomic E-state index is 13.3. The lowest BCUT2D eigenvalue weighted by molar-refractivity contribution is -0.232. The van der Waals surface area contributed by atoms with Crippen LogP contribution >= 0.6 is 0 Å². The molecule has 31 heavy (non-hydrogen) atoms. The number of methoxy groups -OCH3 is 1. The molecule has 2 aliphatic rings. The first kappa shape index (κ1) is 21.5. The monoisotopic (exact) mass is 432 g/mol. The van der Waals surface area contributed by atoms with Gasteiger partial charge >= 0.3 is 0 Å². The van der Waals surface area contributed by atoms with Crippen molar-refractivity contribution < 1.29 is 44.9 Å². The van der Waals surface area contributed by atoms with Gasteiger partial charge in [0, 0.05) is 5.92 Å². The lowest BCUT2D eigenvalue weighted by atomic mass is 9.71. The first-order valence-corrected chi connectivity index (χ1v) is 9.79. The summed E-state index contributed by atoms with van der Waals surface area (Å²) in [6.45, 7) is 1.12. The minimum absolute atomic E-state index is 0.00360. The Labute approximate surface area is 177 Å². The molecular formula is C22H24O9. The Hall–Kier alpha value is -2.69. The highest BCUT2D eigenvalue weighted by molar-refractivity contribution is 6.16. The van der Waals surface area contributed by atoms with Crippen LogP contribution < -0.4 is 4.74 Å². The van der Waals surface area contributed by atoms with E-state index in [2.05, 4.69) is 0 Å². The van der Waals surface area contributed by atoms with Gasteiger partial charge in [0.2, 0.25) is 5.78 Å². The van der Waals surface area contributed by atoms with Crippen molar-refractivity contribution in [3.8, 4) is 17.2 Å². The van der Waals surface area contributed by atoms with Crippen LogP contribution in [0.2, 0.25) is 0 Å². The molecule has 9 nitrogen and oxygen atoms in total. The molecule has 2 aromatic rings. The highest BCUT2D eigenvalue weighted by atomic mass is 16.5. The van der Waals surface area contributed by atoms with Crippen molar-refractivity contribution in [2.24, 2.45) is 0 Å². The van der Waals surface area contributed by atoms with Crippen molar-refractivity contribution in [3.05, 3.63) is 52.1 Å². The number of rotatable bonds is 3. The highest BCUT2D eigenvalue weighted by Crippen LogP contribution is 2.49. The Morgan fingerprint density at radius 1 is 0.968 bits per heavy atom. The number of aliphatic hydroxyl groups is 4. The second-order valence-electron chi connectivity index (χ2n) is 7.93. The quantitative estimate of drug-likeness (QED) is 0.391. The Balaban J connectivity index is 1.99. The molecule has 2 aromatic carbocycles. The Morgan fingerprint density at radius 3 is 2.32 bits per heavy atom. The third-order valence-electron chi connectivity index (χ3n) is 6.05. The van der Waals surface area contributed by atoms with Gasteiger partial charge < -0.3 is 40.1 Å². The Kier molecular flexibility index (Phi) is 5.40. The van der Waals surface area contributed by atoms with Crippen LogP contribution in [0.3, 0.4) is 0 Å². The van der Waals surface area contributed by atoms with E-state index in [-0.39, 0.29) is 28.4 Å². The van der Waals surface area contributed by atoms with Gasteiger partial charge in [-0.3, -0.25) is 4.79 Å². The van der Waals surface area contributed by atoms with Crippen molar-refractivity contribution in [1.29, 1.82) is 0 Å². The van der Waals surface area contributed by atoms with Crippen molar-refractivity contribution in [2.45, 2.75) is 43.4 Å². The number of hydrogen-bond donors (Lipinski definition) is 6. The van der Waals surface area contributed by atoms with Crippen molar-refractivity contribution in [2.75, 3.05) is 13.7 Å². The number of hydrogen-bond acceptors (Lipinski definition) is 9. The highest BCUT2D eigenvalue weighted by Gasteiger charge is 2.50. The summed E-state index contributed by atoms with van der Waals surface area (Å²) in [5.41, 5.74) is 1.31. The van der Waals surface area contributed by atoms with Crippen LogP contribution in [0.25, 0.3) is 0 Å². The second-order valence-corrected chi connectivity index (χ2v) is 7.93. The number of aliphatic hydroxyl groups excluding tert-OH is 4. The van der Waals surface area contributed by atoms with E-state index < -0.39 is 48.8 Å².